The van der Waals surface area contributed by atoms with Gasteiger partial charge in [-0.05, 0) is 49.9 Å². The molecule has 184 valence electrons. The fourth-order valence-corrected chi connectivity index (χ4v) is 2.96. The summed E-state index contributed by atoms with van der Waals surface area (Å²) in [5.41, 5.74) is 0.0361. The van der Waals surface area contributed by atoms with Gasteiger partial charge in [-0.1, -0.05) is 49.7 Å². The lowest BCUT2D eigenvalue weighted by Crippen LogP contribution is -2.23. The molecule has 1 N–H and O–H groups in total. The van der Waals surface area contributed by atoms with E-state index in [1.54, 1.807) is 6.07 Å². The van der Waals surface area contributed by atoms with Gasteiger partial charge >= 0.3 is 12.4 Å². The van der Waals surface area contributed by atoms with Crippen LogP contribution in [0.2, 0.25) is 0 Å². The second kappa shape index (κ2) is 12.9. The number of benzene rings is 2. The standard InChI is InChI=1S/C15H12F6N2.C8H8O.C2H6/c1-22-12(9-4-6-10(7-5-9)14(16,17)18)13-11(15(19,20)21)3-2-8-23-13;1-7-3-2-4-8(5-7)6-9;1-2/h2-8,12,22H,1H3;2-6H,1H3;1-2H3. The number of nitrogens with zero attached hydrogens (tertiary/aromatic N) is 1. The first-order valence-corrected chi connectivity index (χ1v) is 10.4. The number of pyridine rings is 1. The van der Waals surface area contributed by atoms with Crippen LogP contribution in [0.3, 0.4) is 0 Å². The summed E-state index contributed by atoms with van der Waals surface area (Å²) < 4.78 is 76.9. The predicted octanol–water partition coefficient (Wildman–Crippen LogP) is 7.26. The maximum atomic E-state index is 13.1. The molecule has 9 heteroatoms. The third kappa shape index (κ3) is 8.30. The maximum absolute atomic E-state index is 13.1. The summed E-state index contributed by atoms with van der Waals surface area (Å²) in [6.07, 6.45) is -7.05. The van der Waals surface area contributed by atoms with Crippen LogP contribution in [0.15, 0.2) is 66.9 Å². The van der Waals surface area contributed by atoms with Crippen LogP contribution >= 0.6 is 0 Å². The third-order valence-electron chi connectivity index (χ3n) is 4.46. The number of carbonyl (C=O) groups excluding carboxylic acids is 1. The molecule has 0 amide bonds. The van der Waals surface area contributed by atoms with Crippen molar-refractivity contribution < 1.29 is 31.1 Å². The minimum Gasteiger partial charge on any atom is -0.308 e. The first kappa shape index (κ1) is 28.8. The fourth-order valence-electron chi connectivity index (χ4n) is 2.96. The molecule has 0 aliphatic carbocycles. The van der Waals surface area contributed by atoms with Crippen LogP contribution < -0.4 is 5.32 Å². The molecule has 1 aromatic heterocycles. The highest BCUT2D eigenvalue weighted by molar-refractivity contribution is 5.74. The fraction of sp³-hybridized carbons (Fsp3) is 0.280. The molecule has 3 rings (SSSR count). The van der Waals surface area contributed by atoms with Crippen molar-refractivity contribution in [1.29, 1.82) is 0 Å². The first-order valence-electron chi connectivity index (χ1n) is 10.4. The smallest absolute Gasteiger partial charge is 0.308 e. The van der Waals surface area contributed by atoms with Crippen LogP contribution in [0.1, 0.15) is 58.2 Å². The van der Waals surface area contributed by atoms with Gasteiger partial charge in [-0.25, -0.2) is 0 Å². The summed E-state index contributed by atoms with van der Waals surface area (Å²) in [7, 11) is 1.41. The summed E-state index contributed by atoms with van der Waals surface area (Å²) in [4.78, 5) is 13.9. The first-order chi connectivity index (χ1) is 16.0. The molecule has 1 unspecified atom stereocenters. The summed E-state index contributed by atoms with van der Waals surface area (Å²) in [5, 5.41) is 2.66. The Labute approximate surface area is 194 Å². The van der Waals surface area contributed by atoms with E-state index in [0.29, 0.717) is 0 Å². The zero-order valence-corrected chi connectivity index (χ0v) is 19.1. The van der Waals surface area contributed by atoms with Crippen LogP contribution in [0.25, 0.3) is 0 Å². The summed E-state index contributed by atoms with van der Waals surface area (Å²) in [6.45, 7) is 5.97. The van der Waals surface area contributed by atoms with E-state index in [0.717, 1.165) is 53.8 Å². The molecule has 34 heavy (non-hydrogen) atoms. The van der Waals surface area contributed by atoms with E-state index in [9.17, 15) is 31.1 Å². The number of rotatable bonds is 4. The average Bonchev–Trinajstić information content (AvgIpc) is 2.81. The van der Waals surface area contributed by atoms with E-state index in [-0.39, 0.29) is 11.3 Å². The highest BCUT2D eigenvalue weighted by atomic mass is 19.4. The summed E-state index contributed by atoms with van der Waals surface area (Å²) in [6, 6.07) is 12.5. The molecule has 3 nitrogen and oxygen atoms in total. The number of hydrogen-bond donors (Lipinski definition) is 1. The molecule has 1 heterocycles. The van der Waals surface area contributed by atoms with Crippen molar-refractivity contribution in [3.8, 4) is 0 Å². The number of hydrogen-bond acceptors (Lipinski definition) is 3. The quantitative estimate of drug-likeness (QED) is 0.313. The molecule has 0 spiro atoms. The molecule has 0 bridgehead atoms. The third-order valence-corrected chi connectivity index (χ3v) is 4.46. The Morgan fingerprint density at radius 2 is 1.50 bits per heavy atom. The number of carbonyl (C=O) groups is 1. The largest absolute Gasteiger partial charge is 0.418 e. The lowest BCUT2D eigenvalue weighted by molar-refractivity contribution is -0.139. The molecule has 0 fully saturated rings. The molecule has 2 aromatic carbocycles. The Bertz CT molecular complexity index is 1030. The van der Waals surface area contributed by atoms with Crippen molar-refractivity contribution in [3.63, 3.8) is 0 Å². The normalized spacial score (nSPS) is 11.9. The molecule has 3 aromatic rings. The van der Waals surface area contributed by atoms with Crippen LogP contribution in [-0.4, -0.2) is 18.3 Å². The molecule has 0 aliphatic rings. The predicted molar refractivity (Wildman–Crippen MR) is 120 cm³/mol. The number of nitrogens with one attached hydrogen (secondary N) is 1. The lowest BCUT2D eigenvalue weighted by atomic mass is 9.98. The monoisotopic (exact) mass is 484 g/mol. The van der Waals surface area contributed by atoms with Crippen molar-refractivity contribution in [3.05, 3.63) is 100 Å². The molecular formula is C25H26F6N2O. The van der Waals surface area contributed by atoms with Crippen molar-refractivity contribution in [2.45, 2.75) is 39.2 Å². The Kier molecular flexibility index (Phi) is 10.9. The van der Waals surface area contributed by atoms with Gasteiger partial charge in [-0.15, -0.1) is 0 Å². The lowest BCUT2D eigenvalue weighted by Gasteiger charge is -2.21. The Morgan fingerprint density at radius 1 is 0.882 bits per heavy atom. The van der Waals surface area contributed by atoms with Crippen LogP contribution in [-0.2, 0) is 12.4 Å². The number of aryl methyl sites for hydroxylation is 1. The number of aldehydes is 1. The van der Waals surface area contributed by atoms with Crippen molar-refractivity contribution in [2.24, 2.45) is 0 Å². The van der Waals surface area contributed by atoms with Gasteiger partial charge < -0.3 is 5.32 Å². The summed E-state index contributed by atoms with van der Waals surface area (Å²) >= 11 is 0. The van der Waals surface area contributed by atoms with Crippen LogP contribution in [0, 0.1) is 6.92 Å². The van der Waals surface area contributed by atoms with Gasteiger partial charge in [0.15, 0.2) is 0 Å². The second-order valence-electron chi connectivity index (χ2n) is 6.81. The van der Waals surface area contributed by atoms with Gasteiger partial charge in [0.05, 0.1) is 22.9 Å². The van der Waals surface area contributed by atoms with Gasteiger partial charge in [-0.3, -0.25) is 9.78 Å². The van der Waals surface area contributed by atoms with E-state index in [2.05, 4.69) is 10.3 Å². The van der Waals surface area contributed by atoms with Gasteiger partial charge in [0.25, 0.3) is 0 Å². The van der Waals surface area contributed by atoms with Crippen LogP contribution in [0.4, 0.5) is 26.3 Å². The number of aromatic nitrogens is 1. The molecule has 0 saturated heterocycles. The van der Waals surface area contributed by atoms with Crippen molar-refractivity contribution in [2.75, 3.05) is 7.05 Å². The minimum absolute atomic E-state index is 0.254. The molecule has 0 radical (unpaired) electrons. The summed E-state index contributed by atoms with van der Waals surface area (Å²) in [5.74, 6) is 0. The van der Waals surface area contributed by atoms with E-state index in [1.807, 2.05) is 39.0 Å². The highest BCUT2D eigenvalue weighted by Crippen LogP contribution is 2.36. The van der Waals surface area contributed by atoms with Crippen molar-refractivity contribution >= 4 is 6.29 Å². The topological polar surface area (TPSA) is 42.0 Å². The Balaban J connectivity index is 0.000000437. The zero-order valence-electron chi connectivity index (χ0n) is 19.1. The van der Waals surface area contributed by atoms with E-state index < -0.39 is 29.5 Å². The molecule has 1 atom stereocenters. The highest BCUT2D eigenvalue weighted by Gasteiger charge is 2.36. The van der Waals surface area contributed by atoms with E-state index in [4.69, 9.17) is 0 Å². The molecule has 0 aliphatic heterocycles. The van der Waals surface area contributed by atoms with E-state index in [1.165, 1.54) is 13.2 Å². The maximum Gasteiger partial charge on any atom is 0.418 e. The SMILES string of the molecule is CC.CNC(c1ccc(C(F)(F)F)cc1)c1ncccc1C(F)(F)F.Cc1cccc(C=O)c1. The van der Waals surface area contributed by atoms with E-state index >= 15 is 0 Å². The Hall–Kier alpha value is -3.20. The average molecular weight is 484 g/mol. The van der Waals surface area contributed by atoms with Gasteiger partial charge in [-0.2, -0.15) is 26.3 Å². The molecule has 0 saturated carbocycles. The van der Waals surface area contributed by atoms with Gasteiger partial charge in [0, 0.05) is 11.8 Å². The van der Waals surface area contributed by atoms with Gasteiger partial charge in [0.1, 0.15) is 6.29 Å². The second-order valence-corrected chi connectivity index (χ2v) is 6.81. The van der Waals surface area contributed by atoms with Gasteiger partial charge in [0.2, 0.25) is 0 Å². The minimum atomic E-state index is -4.61. The van der Waals surface area contributed by atoms with Crippen LogP contribution in [0.5, 0.6) is 0 Å². The number of alkyl halides is 6. The zero-order chi connectivity index (χ0) is 25.9. The number of halogens is 6. The Morgan fingerprint density at radius 3 is 1.94 bits per heavy atom. The molecular weight excluding hydrogens is 458 g/mol. The van der Waals surface area contributed by atoms with Crippen molar-refractivity contribution in [1.82, 2.24) is 10.3 Å².